The molecule has 0 amide bonds. The van der Waals surface area contributed by atoms with E-state index in [4.69, 9.17) is 5.84 Å². The fourth-order valence-electron chi connectivity index (χ4n) is 1.75. The molecule has 0 spiro atoms. The fourth-order valence-corrected chi connectivity index (χ4v) is 2.50. The molecule has 6 heteroatoms. The van der Waals surface area contributed by atoms with Gasteiger partial charge in [-0.2, -0.15) is 0 Å². The van der Waals surface area contributed by atoms with E-state index >= 15 is 0 Å². The molecule has 0 fully saturated rings. The maximum absolute atomic E-state index is 13.0. The molecule has 1 unspecified atom stereocenters. The van der Waals surface area contributed by atoms with Crippen molar-refractivity contribution in [1.29, 1.82) is 0 Å². The van der Waals surface area contributed by atoms with E-state index in [9.17, 15) is 4.39 Å². The number of hydrazine groups is 1. The van der Waals surface area contributed by atoms with Crippen LogP contribution in [0.15, 0.2) is 45.5 Å². The van der Waals surface area contributed by atoms with E-state index in [2.05, 4.69) is 42.3 Å². The second-order valence-corrected chi connectivity index (χ2v) is 5.83. The third kappa shape index (κ3) is 3.82. The first-order chi connectivity index (χ1) is 9.10. The number of nitrogens with one attached hydrogen (secondary N) is 1. The Hall–Kier alpha value is -0.820. The van der Waals surface area contributed by atoms with Crippen LogP contribution in [0.1, 0.15) is 17.3 Å². The number of aromatic nitrogens is 1. The van der Waals surface area contributed by atoms with Gasteiger partial charge in [0, 0.05) is 15.1 Å². The number of halogens is 3. The molecule has 1 aromatic carbocycles. The molecule has 0 saturated heterocycles. The molecular formula is C13H12Br2FN3. The van der Waals surface area contributed by atoms with Gasteiger partial charge in [-0.25, -0.2) is 4.39 Å². The third-order valence-corrected chi connectivity index (χ3v) is 3.95. The monoisotopic (exact) mass is 387 g/mol. The van der Waals surface area contributed by atoms with Gasteiger partial charge in [-0.05, 0) is 52.2 Å². The highest BCUT2D eigenvalue weighted by Gasteiger charge is 2.14. The minimum Gasteiger partial charge on any atom is -0.271 e. The van der Waals surface area contributed by atoms with Gasteiger partial charge in [0.25, 0.3) is 0 Å². The van der Waals surface area contributed by atoms with E-state index < -0.39 is 0 Å². The van der Waals surface area contributed by atoms with Crippen LogP contribution in [0.3, 0.4) is 0 Å². The smallest absolute Gasteiger partial charge is 0.124 e. The Balaban J connectivity index is 2.21. The van der Waals surface area contributed by atoms with Crippen LogP contribution in [0.25, 0.3) is 0 Å². The first-order valence-electron chi connectivity index (χ1n) is 5.61. The van der Waals surface area contributed by atoms with Crippen molar-refractivity contribution in [2.24, 2.45) is 5.84 Å². The molecule has 0 aliphatic carbocycles. The van der Waals surface area contributed by atoms with Crippen LogP contribution in [-0.4, -0.2) is 4.98 Å². The van der Waals surface area contributed by atoms with E-state index in [0.717, 1.165) is 20.2 Å². The van der Waals surface area contributed by atoms with E-state index in [1.807, 2.05) is 12.1 Å². The maximum atomic E-state index is 13.0. The fraction of sp³-hybridized carbons (Fsp3) is 0.154. The van der Waals surface area contributed by atoms with E-state index in [-0.39, 0.29) is 11.9 Å². The van der Waals surface area contributed by atoms with Crippen molar-refractivity contribution in [3.05, 3.63) is 62.5 Å². The summed E-state index contributed by atoms with van der Waals surface area (Å²) < 4.78 is 14.7. The first kappa shape index (κ1) is 14.6. The van der Waals surface area contributed by atoms with E-state index in [0.29, 0.717) is 6.42 Å². The van der Waals surface area contributed by atoms with Gasteiger partial charge < -0.3 is 0 Å². The van der Waals surface area contributed by atoms with Crippen molar-refractivity contribution < 1.29 is 4.39 Å². The lowest BCUT2D eigenvalue weighted by molar-refractivity contribution is 0.536. The average molecular weight is 389 g/mol. The zero-order valence-electron chi connectivity index (χ0n) is 9.91. The zero-order chi connectivity index (χ0) is 13.8. The van der Waals surface area contributed by atoms with Crippen LogP contribution in [0.2, 0.25) is 0 Å². The normalized spacial score (nSPS) is 12.4. The number of pyridine rings is 1. The van der Waals surface area contributed by atoms with Crippen LogP contribution in [0.4, 0.5) is 4.39 Å². The van der Waals surface area contributed by atoms with Gasteiger partial charge in [-0.3, -0.25) is 16.3 Å². The Morgan fingerprint density at radius 1 is 1.26 bits per heavy atom. The molecule has 3 N–H and O–H groups in total. The van der Waals surface area contributed by atoms with Crippen molar-refractivity contribution in [1.82, 2.24) is 10.4 Å². The quantitative estimate of drug-likeness (QED) is 0.622. The minimum atomic E-state index is -0.269. The van der Waals surface area contributed by atoms with Gasteiger partial charge in [0.05, 0.1) is 11.7 Å². The second-order valence-electron chi connectivity index (χ2n) is 4.06. The number of rotatable bonds is 4. The Bertz CT molecular complexity index is 560. The molecule has 0 radical (unpaired) electrons. The number of nitrogens with two attached hydrogens (primary N) is 1. The molecule has 0 saturated carbocycles. The van der Waals surface area contributed by atoms with Crippen molar-refractivity contribution in [3.8, 4) is 0 Å². The van der Waals surface area contributed by atoms with Gasteiger partial charge in [-0.15, -0.1) is 0 Å². The minimum absolute atomic E-state index is 0.130. The first-order valence-corrected chi connectivity index (χ1v) is 7.20. The zero-order valence-corrected chi connectivity index (χ0v) is 13.1. The lowest BCUT2D eigenvalue weighted by Crippen LogP contribution is -2.30. The molecule has 2 aromatic rings. The van der Waals surface area contributed by atoms with Crippen molar-refractivity contribution in [2.45, 2.75) is 12.5 Å². The second kappa shape index (κ2) is 6.56. The van der Waals surface area contributed by atoms with Gasteiger partial charge in [-0.1, -0.05) is 22.0 Å². The van der Waals surface area contributed by atoms with Crippen LogP contribution in [0, 0.1) is 5.82 Å². The summed E-state index contributed by atoms with van der Waals surface area (Å²) in [6.45, 7) is 0. The van der Waals surface area contributed by atoms with Gasteiger partial charge in [0.15, 0.2) is 0 Å². The summed E-state index contributed by atoms with van der Waals surface area (Å²) in [6, 6.07) is 8.29. The predicted molar refractivity (Wildman–Crippen MR) is 79.8 cm³/mol. The standard InChI is InChI=1S/C13H12Br2FN3/c14-9-2-4-12(18-7-9)13(19-17)5-8-1-3-10(16)6-11(8)15/h1-4,6-7,13,19H,5,17H2. The van der Waals surface area contributed by atoms with Gasteiger partial charge in [0.1, 0.15) is 5.82 Å². The summed E-state index contributed by atoms with van der Waals surface area (Å²) in [5, 5.41) is 0. The van der Waals surface area contributed by atoms with Crippen molar-refractivity contribution in [2.75, 3.05) is 0 Å². The topological polar surface area (TPSA) is 50.9 Å². The predicted octanol–water partition coefficient (Wildman–Crippen LogP) is 3.49. The van der Waals surface area contributed by atoms with Crippen LogP contribution < -0.4 is 11.3 Å². The highest BCUT2D eigenvalue weighted by atomic mass is 79.9. The molecule has 0 aliphatic heterocycles. The molecule has 1 aromatic heterocycles. The summed E-state index contributed by atoms with van der Waals surface area (Å²) in [5.41, 5.74) is 4.54. The Morgan fingerprint density at radius 3 is 2.63 bits per heavy atom. The third-order valence-electron chi connectivity index (χ3n) is 2.75. The number of hydrogen-bond donors (Lipinski definition) is 2. The van der Waals surface area contributed by atoms with E-state index in [1.54, 1.807) is 12.3 Å². The molecule has 0 aliphatic rings. The van der Waals surface area contributed by atoms with Crippen LogP contribution in [0.5, 0.6) is 0 Å². The SMILES string of the molecule is NNC(Cc1ccc(F)cc1Br)c1ccc(Br)cn1. The number of nitrogens with zero attached hydrogens (tertiary/aromatic N) is 1. The molecule has 2 rings (SSSR count). The summed E-state index contributed by atoms with van der Waals surface area (Å²) in [5.74, 6) is 5.31. The van der Waals surface area contributed by atoms with Crippen LogP contribution >= 0.6 is 31.9 Å². The highest BCUT2D eigenvalue weighted by Crippen LogP contribution is 2.24. The number of benzene rings is 1. The Morgan fingerprint density at radius 2 is 2.05 bits per heavy atom. The maximum Gasteiger partial charge on any atom is 0.124 e. The Kier molecular flexibility index (Phi) is 5.04. The van der Waals surface area contributed by atoms with Crippen molar-refractivity contribution in [3.63, 3.8) is 0 Å². The van der Waals surface area contributed by atoms with Crippen molar-refractivity contribution >= 4 is 31.9 Å². The molecule has 0 bridgehead atoms. The molecule has 1 atom stereocenters. The molecule has 1 heterocycles. The molecule has 19 heavy (non-hydrogen) atoms. The summed E-state index contributed by atoms with van der Waals surface area (Å²) >= 11 is 6.69. The summed E-state index contributed by atoms with van der Waals surface area (Å²) in [4.78, 5) is 4.31. The van der Waals surface area contributed by atoms with Gasteiger partial charge in [0.2, 0.25) is 0 Å². The highest BCUT2D eigenvalue weighted by molar-refractivity contribution is 9.10. The molecular weight excluding hydrogens is 377 g/mol. The lowest BCUT2D eigenvalue weighted by Gasteiger charge is -2.16. The lowest BCUT2D eigenvalue weighted by atomic mass is 10.0. The molecule has 3 nitrogen and oxygen atoms in total. The Labute approximate surface area is 127 Å². The number of hydrogen-bond acceptors (Lipinski definition) is 3. The summed E-state index contributed by atoms with van der Waals surface area (Å²) in [6.07, 6.45) is 2.34. The van der Waals surface area contributed by atoms with E-state index in [1.165, 1.54) is 12.1 Å². The largest absolute Gasteiger partial charge is 0.271 e. The summed E-state index contributed by atoms with van der Waals surface area (Å²) in [7, 11) is 0. The van der Waals surface area contributed by atoms with Gasteiger partial charge >= 0.3 is 0 Å². The average Bonchev–Trinajstić information content (AvgIpc) is 2.39. The molecule has 100 valence electrons. The van der Waals surface area contributed by atoms with Crippen LogP contribution in [-0.2, 0) is 6.42 Å².